The fourth-order valence-electron chi connectivity index (χ4n) is 2.44. The normalized spacial score (nSPS) is 21.6. The minimum absolute atomic E-state index is 0.0562. The highest BCUT2D eigenvalue weighted by molar-refractivity contribution is 5.89. The zero-order valence-electron chi connectivity index (χ0n) is 15.1. The van der Waals surface area contributed by atoms with Crippen molar-refractivity contribution in [3.05, 3.63) is 17.2 Å². The summed E-state index contributed by atoms with van der Waals surface area (Å²) < 4.78 is 9.97. The van der Waals surface area contributed by atoms with Crippen LogP contribution in [0, 0.1) is 0 Å². The fourth-order valence-corrected chi connectivity index (χ4v) is 2.44. The van der Waals surface area contributed by atoms with E-state index < -0.39 is 48.4 Å². The number of aliphatic hydroxyl groups excluding tert-OH is 4. The summed E-state index contributed by atoms with van der Waals surface area (Å²) in [5.74, 6) is -4.19. The van der Waals surface area contributed by atoms with E-state index in [4.69, 9.17) is 9.47 Å². The van der Waals surface area contributed by atoms with Crippen molar-refractivity contribution in [2.45, 2.75) is 51.2 Å². The Kier molecular flexibility index (Phi) is 6.07. The van der Waals surface area contributed by atoms with Crippen molar-refractivity contribution in [3.63, 3.8) is 0 Å². The Balaban J connectivity index is 2.62. The second kappa shape index (κ2) is 7.79. The molecule has 2 rings (SSSR count). The lowest BCUT2D eigenvalue weighted by molar-refractivity contribution is -0.161. The number of hydrogen-bond donors (Lipinski definition) is 6. The molecule has 27 heavy (non-hydrogen) atoms. The monoisotopic (exact) mass is 385 g/mol. The van der Waals surface area contributed by atoms with Gasteiger partial charge in [-0.15, -0.1) is 0 Å². The number of aromatic hydroxyl groups is 1. The molecule has 0 aliphatic carbocycles. The van der Waals surface area contributed by atoms with Gasteiger partial charge in [-0.05, 0) is 20.8 Å². The van der Waals surface area contributed by atoms with Crippen LogP contribution in [0.4, 0.5) is 0 Å². The third kappa shape index (κ3) is 4.54. The Morgan fingerprint density at radius 2 is 1.70 bits per heavy atom. The Morgan fingerprint density at radius 1 is 1.15 bits per heavy atom. The van der Waals surface area contributed by atoms with Gasteiger partial charge in [0, 0.05) is 18.2 Å². The molecule has 2 unspecified atom stereocenters. The molecule has 1 aliphatic heterocycles. The van der Waals surface area contributed by atoms with Crippen LogP contribution in [0.3, 0.4) is 0 Å². The molecule has 0 saturated carbocycles. The number of rotatable bonds is 4. The molecule has 1 heterocycles. The summed E-state index contributed by atoms with van der Waals surface area (Å²) in [5, 5.41) is 52.7. The van der Waals surface area contributed by atoms with E-state index in [1.165, 1.54) is 0 Å². The van der Waals surface area contributed by atoms with E-state index in [0.29, 0.717) is 0 Å². The van der Waals surface area contributed by atoms with Crippen molar-refractivity contribution in [2.24, 2.45) is 0 Å². The highest BCUT2D eigenvalue weighted by atomic mass is 16.6. The summed E-state index contributed by atoms with van der Waals surface area (Å²) in [5.41, 5.74) is -0.834. The average Bonchev–Trinajstić information content (AvgIpc) is 2.59. The number of β-amino-alcohol motifs (C(OH)–C–C–N with tert-alkyl or cyclic N) is 1. The molecule has 150 valence electrons. The van der Waals surface area contributed by atoms with Gasteiger partial charge in [-0.1, -0.05) is 0 Å². The summed E-state index contributed by atoms with van der Waals surface area (Å²) in [7, 11) is 0. The average molecular weight is 385 g/mol. The second-order valence-corrected chi connectivity index (χ2v) is 7.15. The van der Waals surface area contributed by atoms with Gasteiger partial charge in [0.15, 0.2) is 12.2 Å². The Labute approximate surface area is 155 Å². The van der Waals surface area contributed by atoms with Crippen molar-refractivity contribution in [3.8, 4) is 17.2 Å². The van der Waals surface area contributed by atoms with Crippen LogP contribution in [-0.2, 0) is 16.2 Å². The molecule has 0 radical (unpaired) electrons. The van der Waals surface area contributed by atoms with E-state index in [-0.39, 0.29) is 29.0 Å². The number of fused-ring (bicyclic) bond motifs is 2. The minimum Gasteiger partial charge on any atom is -0.507 e. The van der Waals surface area contributed by atoms with E-state index in [1.54, 1.807) is 0 Å². The molecule has 0 aromatic heterocycles. The molecule has 0 fully saturated rings. The van der Waals surface area contributed by atoms with Gasteiger partial charge < -0.3 is 40.3 Å². The highest BCUT2D eigenvalue weighted by Crippen LogP contribution is 2.43. The van der Waals surface area contributed by atoms with Crippen LogP contribution in [0.5, 0.6) is 17.2 Å². The van der Waals surface area contributed by atoms with Crippen molar-refractivity contribution >= 4 is 11.9 Å². The van der Waals surface area contributed by atoms with E-state index in [0.717, 1.165) is 6.07 Å². The zero-order valence-corrected chi connectivity index (χ0v) is 15.1. The zero-order chi connectivity index (χ0) is 20.5. The number of hydrogen-bond acceptors (Lipinski definition) is 10. The summed E-state index contributed by atoms with van der Waals surface area (Å²) in [6, 6.07) is 0.945. The van der Waals surface area contributed by atoms with Crippen LogP contribution in [0.1, 0.15) is 38.0 Å². The van der Waals surface area contributed by atoms with Crippen LogP contribution in [0.25, 0.3) is 0 Å². The number of esters is 2. The topological polar surface area (TPSA) is 166 Å². The van der Waals surface area contributed by atoms with E-state index in [1.807, 2.05) is 20.8 Å². The Hall–Kier alpha value is -2.24. The molecule has 0 saturated heterocycles. The molecular weight excluding hydrogens is 362 g/mol. The first-order valence-electron chi connectivity index (χ1n) is 8.18. The van der Waals surface area contributed by atoms with Gasteiger partial charge in [0.2, 0.25) is 0 Å². The van der Waals surface area contributed by atoms with Gasteiger partial charge in [-0.2, -0.15) is 0 Å². The number of carbonyl (C=O) groups excluding carboxylic acids is 2. The van der Waals surface area contributed by atoms with Gasteiger partial charge >= 0.3 is 11.9 Å². The number of ether oxygens (including phenoxy) is 2. The van der Waals surface area contributed by atoms with Crippen LogP contribution in [0.15, 0.2) is 6.07 Å². The van der Waals surface area contributed by atoms with Crippen molar-refractivity contribution in [1.29, 1.82) is 0 Å². The number of aliphatic hydroxyl groups is 4. The second-order valence-electron chi connectivity index (χ2n) is 7.15. The lowest BCUT2D eigenvalue weighted by atomic mass is 10.0. The Morgan fingerprint density at radius 3 is 2.22 bits per heavy atom. The van der Waals surface area contributed by atoms with Crippen molar-refractivity contribution in [1.82, 2.24) is 5.32 Å². The molecule has 2 bridgehead atoms. The van der Waals surface area contributed by atoms with E-state index >= 15 is 0 Å². The van der Waals surface area contributed by atoms with Crippen LogP contribution < -0.4 is 14.8 Å². The predicted octanol–water partition coefficient (Wildman–Crippen LogP) is -1.15. The lowest BCUT2D eigenvalue weighted by Crippen LogP contribution is -2.43. The maximum Gasteiger partial charge on any atom is 0.343 e. The molecule has 0 amide bonds. The quantitative estimate of drug-likeness (QED) is 0.275. The summed E-state index contributed by atoms with van der Waals surface area (Å²) >= 11 is 0. The van der Waals surface area contributed by atoms with Crippen LogP contribution in [-0.4, -0.2) is 61.8 Å². The third-order valence-corrected chi connectivity index (χ3v) is 3.87. The number of benzene rings is 1. The smallest absolute Gasteiger partial charge is 0.343 e. The van der Waals surface area contributed by atoms with Gasteiger partial charge in [0.25, 0.3) is 0 Å². The highest BCUT2D eigenvalue weighted by Gasteiger charge is 2.38. The fraction of sp³-hybridized carbons (Fsp3) is 0.529. The number of carbonyl (C=O) groups is 2. The maximum absolute atomic E-state index is 12.1. The molecule has 0 spiro atoms. The molecule has 6 N–H and O–H groups in total. The molecule has 10 nitrogen and oxygen atoms in total. The van der Waals surface area contributed by atoms with Gasteiger partial charge in [-0.25, -0.2) is 9.59 Å². The molecule has 1 aliphatic rings. The molecule has 1 aromatic rings. The lowest BCUT2D eigenvalue weighted by Gasteiger charge is -2.25. The van der Waals surface area contributed by atoms with Gasteiger partial charge in [0.05, 0.1) is 23.8 Å². The predicted molar refractivity (Wildman–Crippen MR) is 90.0 cm³/mol. The van der Waals surface area contributed by atoms with E-state index in [9.17, 15) is 35.1 Å². The third-order valence-electron chi connectivity index (χ3n) is 3.87. The first kappa shape index (κ1) is 21.1. The largest absolute Gasteiger partial charge is 0.507 e. The maximum atomic E-state index is 12.1. The first-order chi connectivity index (χ1) is 12.5. The first-order valence-corrected chi connectivity index (χ1v) is 8.18. The van der Waals surface area contributed by atoms with E-state index in [2.05, 4.69) is 5.32 Å². The van der Waals surface area contributed by atoms with Crippen molar-refractivity contribution in [2.75, 3.05) is 6.54 Å². The van der Waals surface area contributed by atoms with Crippen LogP contribution >= 0.6 is 0 Å². The van der Waals surface area contributed by atoms with Gasteiger partial charge in [-0.3, -0.25) is 0 Å². The van der Waals surface area contributed by atoms with Crippen LogP contribution in [0.2, 0.25) is 0 Å². The minimum atomic E-state index is -2.25. The van der Waals surface area contributed by atoms with Gasteiger partial charge in [0.1, 0.15) is 17.2 Å². The molecule has 3 atom stereocenters. The summed E-state index contributed by atoms with van der Waals surface area (Å²) in [4.78, 5) is 24.0. The SMILES string of the molecule is CC(C)(C)NC[C@H](O)c1c2cc(O)c(CO)c1OC(=O)C(O)C(O)C(=O)O2. The number of phenols is 1. The Bertz CT molecular complexity index is 741. The summed E-state index contributed by atoms with van der Waals surface area (Å²) in [6.07, 6.45) is -5.87. The molecule has 1 aromatic carbocycles. The van der Waals surface area contributed by atoms with Crippen molar-refractivity contribution < 1.29 is 44.6 Å². The molecular formula is C17H23NO9. The summed E-state index contributed by atoms with van der Waals surface area (Å²) in [6.45, 7) is 4.71. The number of nitrogens with one attached hydrogen (secondary N) is 1. The molecule has 10 heteroatoms. The standard InChI is InChI=1S/C17H23NO9/c1-17(2,3)18-5-9(21)11-10-4-8(20)7(6-19)14(11)27-16(25)13(23)12(22)15(24)26-10/h4,9,12-13,18-23H,5-6H2,1-3H3/t9-,12?,13?/m0/s1.